The predicted octanol–water partition coefficient (Wildman–Crippen LogP) is 3.62. The van der Waals surface area contributed by atoms with Crippen molar-refractivity contribution in [1.29, 1.82) is 0 Å². The van der Waals surface area contributed by atoms with Crippen molar-refractivity contribution in [3.05, 3.63) is 35.3 Å². The minimum absolute atomic E-state index is 0.0210. The van der Waals surface area contributed by atoms with Crippen LogP contribution in [0.3, 0.4) is 0 Å². The Bertz CT molecular complexity index is 650. The maximum atomic E-state index is 11.2. The third-order valence-electron chi connectivity index (χ3n) is 3.14. The van der Waals surface area contributed by atoms with Crippen molar-refractivity contribution >= 4 is 40.0 Å². The Kier molecular flexibility index (Phi) is 6.18. The van der Waals surface area contributed by atoms with Crippen LogP contribution in [0.5, 0.6) is 0 Å². The van der Waals surface area contributed by atoms with Gasteiger partial charge < -0.3 is 11.1 Å². The molecular formula is C16H19N3OS2. The maximum Gasteiger partial charge on any atom is 0.238 e. The van der Waals surface area contributed by atoms with E-state index < -0.39 is 0 Å². The normalized spacial score (nSPS) is 10.5. The summed E-state index contributed by atoms with van der Waals surface area (Å²) in [5.74, 6) is -0.203. The third kappa shape index (κ3) is 4.43. The molecule has 0 saturated heterocycles. The molecule has 2 aromatic rings. The van der Waals surface area contributed by atoms with Gasteiger partial charge in [0.15, 0.2) is 0 Å². The summed E-state index contributed by atoms with van der Waals surface area (Å²) in [5.41, 5.74) is 7.02. The van der Waals surface area contributed by atoms with Crippen molar-refractivity contribution in [2.45, 2.75) is 26.2 Å². The summed E-state index contributed by atoms with van der Waals surface area (Å²) in [4.78, 5) is 17.7. The van der Waals surface area contributed by atoms with Gasteiger partial charge in [-0.1, -0.05) is 25.6 Å². The van der Waals surface area contributed by atoms with Crippen molar-refractivity contribution < 1.29 is 4.79 Å². The number of benzene rings is 1. The van der Waals surface area contributed by atoms with Gasteiger partial charge in [0.05, 0.1) is 11.4 Å². The minimum atomic E-state index is -0.203. The van der Waals surface area contributed by atoms with E-state index in [1.165, 1.54) is 0 Å². The Morgan fingerprint density at radius 1 is 1.36 bits per heavy atom. The number of thiocarbonyl (C=S) groups is 1. The van der Waals surface area contributed by atoms with Crippen LogP contribution in [0.4, 0.5) is 5.69 Å². The number of nitrogens with zero attached hydrogens (tertiary/aromatic N) is 1. The first-order chi connectivity index (χ1) is 10.6. The van der Waals surface area contributed by atoms with Gasteiger partial charge in [0.2, 0.25) is 5.91 Å². The molecule has 1 heterocycles. The fraction of sp³-hybridized carbons (Fsp3) is 0.312. The number of anilines is 1. The number of carbonyl (C=O) groups is 1. The van der Waals surface area contributed by atoms with Gasteiger partial charge in [0, 0.05) is 22.3 Å². The molecule has 1 aromatic carbocycles. The van der Waals surface area contributed by atoms with Crippen LogP contribution in [-0.4, -0.2) is 22.3 Å². The average Bonchev–Trinajstić information content (AvgIpc) is 3.03. The van der Waals surface area contributed by atoms with Gasteiger partial charge in [-0.05, 0) is 37.1 Å². The van der Waals surface area contributed by atoms with Crippen LogP contribution < -0.4 is 11.1 Å². The van der Waals surface area contributed by atoms with Crippen molar-refractivity contribution in [3.8, 4) is 10.6 Å². The van der Waals surface area contributed by atoms with E-state index in [4.69, 9.17) is 18.0 Å². The van der Waals surface area contributed by atoms with E-state index in [9.17, 15) is 4.79 Å². The van der Waals surface area contributed by atoms with Crippen LogP contribution >= 0.6 is 23.6 Å². The lowest BCUT2D eigenvalue weighted by atomic mass is 10.2. The SMILES string of the molecule is CCCCC(=S)c1cnc(-c2ccc(NC(=O)CN)cc2)s1. The number of hydrogen-bond donors (Lipinski definition) is 2. The highest BCUT2D eigenvalue weighted by Crippen LogP contribution is 2.27. The Morgan fingerprint density at radius 2 is 2.09 bits per heavy atom. The molecule has 22 heavy (non-hydrogen) atoms. The standard InChI is InChI=1S/C16H19N3OS2/c1-2-3-4-13(21)14-10-18-16(22-14)11-5-7-12(8-6-11)19-15(20)9-17/h5-8,10H,2-4,9,17H2,1H3,(H,19,20). The summed E-state index contributed by atoms with van der Waals surface area (Å²) >= 11 is 7.05. The highest BCUT2D eigenvalue weighted by Gasteiger charge is 2.09. The monoisotopic (exact) mass is 333 g/mol. The molecule has 116 valence electrons. The van der Waals surface area contributed by atoms with Gasteiger partial charge in [-0.3, -0.25) is 4.79 Å². The van der Waals surface area contributed by atoms with E-state index in [1.807, 2.05) is 30.5 Å². The third-order valence-corrected chi connectivity index (χ3v) is 4.80. The van der Waals surface area contributed by atoms with Gasteiger partial charge in [0.1, 0.15) is 5.01 Å². The van der Waals surface area contributed by atoms with Crippen LogP contribution in [0.1, 0.15) is 31.1 Å². The predicted molar refractivity (Wildman–Crippen MR) is 96.5 cm³/mol. The van der Waals surface area contributed by atoms with E-state index >= 15 is 0 Å². The summed E-state index contributed by atoms with van der Waals surface area (Å²) in [6, 6.07) is 7.56. The summed E-state index contributed by atoms with van der Waals surface area (Å²) in [6.07, 6.45) is 5.04. The summed E-state index contributed by atoms with van der Waals surface area (Å²) in [7, 11) is 0. The van der Waals surface area contributed by atoms with E-state index in [2.05, 4.69) is 17.2 Å². The Morgan fingerprint density at radius 3 is 2.73 bits per heavy atom. The lowest BCUT2D eigenvalue weighted by Crippen LogP contribution is -2.21. The lowest BCUT2D eigenvalue weighted by molar-refractivity contribution is -0.114. The van der Waals surface area contributed by atoms with Gasteiger partial charge in [-0.25, -0.2) is 4.98 Å². The quantitative estimate of drug-likeness (QED) is 0.600. The van der Waals surface area contributed by atoms with Crippen LogP contribution in [0.15, 0.2) is 30.5 Å². The van der Waals surface area contributed by atoms with Crippen molar-refractivity contribution in [1.82, 2.24) is 4.98 Å². The molecule has 1 amide bonds. The highest BCUT2D eigenvalue weighted by atomic mass is 32.1. The molecule has 4 nitrogen and oxygen atoms in total. The smallest absolute Gasteiger partial charge is 0.238 e. The van der Waals surface area contributed by atoms with Crippen molar-refractivity contribution in [2.75, 3.05) is 11.9 Å². The van der Waals surface area contributed by atoms with Crippen molar-refractivity contribution in [2.24, 2.45) is 5.73 Å². The fourth-order valence-corrected chi connectivity index (χ4v) is 3.12. The topological polar surface area (TPSA) is 68.0 Å². The summed E-state index contributed by atoms with van der Waals surface area (Å²) < 4.78 is 0. The number of carbonyl (C=O) groups excluding carboxylic acids is 1. The Labute approximate surface area is 139 Å². The highest BCUT2D eigenvalue weighted by molar-refractivity contribution is 7.81. The van der Waals surface area contributed by atoms with Crippen molar-refractivity contribution in [3.63, 3.8) is 0 Å². The molecule has 1 aromatic heterocycles. The Hall–Kier alpha value is -1.63. The zero-order valence-electron chi connectivity index (χ0n) is 12.5. The molecule has 0 atom stereocenters. The number of unbranched alkanes of at least 4 members (excludes halogenated alkanes) is 1. The first kappa shape index (κ1) is 16.7. The van der Waals surface area contributed by atoms with Crippen LogP contribution in [-0.2, 0) is 4.79 Å². The molecule has 0 aliphatic heterocycles. The summed E-state index contributed by atoms with van der Waals surface area (Å²) in [5, 5.41) is 3.65. The molecule has 0 fully saturated rings. The van der Waals surface area contributed by atoms with E-state index in [-0.39, 0.29) is 12.5 Å². The number of aromatic nitrogens is 1. The number of hydrogen-bond acceptors (Lipinski definition) is 5. The summed E-state index contributed by atoms with van der Waals surface area (Å²) in [6.45, 7) is 2.14. The van der Waals surface area contributed by atoms with Gasteiger partial charge in [0.25, 0.3) is 0 Å². The molecular weight excluding hydrogens is 314 g/mol. The molecule has 0 aliphatic carbocycles. The number of rotatable bonds is 7. The van der Waals surface area contributed by atoms with Crippen LogP contribution in [0, 0.1) is 0 Å². The van der Waals surface area contributed by atoms with E-state index in [1.54, 1.807) is 11.3 Å². The minimum Gasteiger partial charge on any atom is -0.325 e. The van der Waals surface area contributed by atoms with Gasteiger partial charge >= 0.3 is 0 Å². The molecule has 3 N–H and O–H groups in total. The molecule has 2 rings (SSSR count). The zero-order valence-corrected chi connectivity index (χ0v) is 14.1. The molecule has 0 bridgehead atoms. The van der Waals surface area contributed by atoms with Crippen LogP contribution in [0.25, 0.3) is 10.6 Å². The number of nitrogens with two attached hydrogens (primary N) is 1. The molecule has 6 heteroatoms. The molecule has 0 spiro atoms. The first-order valence-corrected chi connectivity index (χ1v) is 8.46. The lowest BCUT2D eigenvalue weighted by Gasteiger charge is -2.03. The molecule has 0 saturated carbocycles. The number of amides is 1. The second-order valence-electron chi connectivity index (χ2n) is 4.89. The van der Waals surface area contributed by atoms with Crippen LogP contribution in [0.2, 0.25) is 0 Å². The van der Waals surface area contributed by atoms with Gasteiger partial charge in [-0.2, -0.15) is 0 Å². The average molecular weight is 333 g/mol. The zero-order chi connectivity index (χ0) is 15.9. The fourth-order valence-electron chi connectivity index (χ4n) is 1.91. The van der Waals surface area contributed by atoms with E-state index in [0.29, 0.717) is 0 Å². The second kappa shape index (κ2) is 8.12. The Balaban J connectivity index is 2.07. The largest absolute Gasteiger partial charge is 0.325 e. The number of nitrogens with one attached hydrogen (secondary N) is 1. The van der Waals surface area contributed by atoms with E-state index in [0.717, 1.165) is 45.3 Å². The molecule has 0 radical (unpaired) electrons. The first-order valence-electron chi connectivity index (χ1n) is 7.23. The van der Waals surface area contributed by atoms with Gasteiger partial charge in [-0.15, -0.1) is 11.3 Å². The maximum absolute atomic E-state index is 11.2. The molecule has 0 aliphatic rings. The molecule has 0 unspecified atom stereocenters. The number of thiazole rings is 1. The second-order valence-corrected chi connectivity index (χ2v) is 6.41.